The highest BCUT2D eigenvalue weighted by atomic mass is 127. The predicted molar refractivity (Wildman–Crippen MR) is 72.3 cm³/mol. The molecule has 0 aliphatic carbocycles. The van der Waals surface area contributed by atoms with Crippen LogP contribution in [0.3, 0.4) is 0 Å². The largest absolute Gasteiger partial charge is 0.325 e. The molecule has 2 nitrogen and oxygen atoms in total. The summed E-state index contributed by atoms with van der Waals surface area (Å²) < 4.78 is 0.963. The third-order valence-electron chi connectivity index (χ3n) is 1.96. The first kappa shape index (κ1) is 12.8. The molecule has 0 saturated heterocycles. The zero-order valence-corrected chi connectivity index (χ0v) is 11.4. The van der Waals surface area contributed by atoms with Crippen molar-refractivity contribution in [2.24, 2.45) is 0 Å². The van der Waals surface area contributed by atoms with Crippen molar-refractivity contribution in [2.75, 3.05) is 5.32 Å². The van der Waals surface area contributed by atoms with E-state index in [0.717, 1.165) is 22.1 Å². The van der Waals surface area contributed by atoms with E-state index in [2.05, 4.69) is 34.8 Å². The molecule has 0 fully saturated rings. The Morgan fingerprint density at radius 2 is 2.27 bits per heavy atom. The van der Waals surface area contributed by atoms with Crippen molar-refractivity contribution in [3.8, 4) is 0 Å². The summed E-state index contributed by atoms with van der Waals surface area (Å²) in [5.41, 5.74) is 0.834. The fraction of sp³-hybridized carbons (Fsp3) is 0.364. The highest BCUT2D eigenvalue weighted by molar-refractivity contribution is 14.1. The van der Waals surface area contributed by atoms with Crippen molar-refractivity contribution >= 4 is 45.8 Å². The van der Waals surface area contributed by atoms with E-state index < -0.39 is 0 Å². The van der Waals surface area contributed by atoms with Crippen molar-refractivity contribution in [3.05, 3.63) is 26.8 Å². The van der Waals surface area contributed by atoms with Crippen LogP contribution in [-0.2, 0) is 4.79 Å². The van der Waals surface area contributed by atoms with Crippen LogP contribution in [0.15, 0.2) is 18.2 Å². The Hall–Kier alpha value is -0.290. The van der Waals surface area contributed by atoms with Gasteiger partial charge >= 0.3 is 0 Å². The molecule has 1 amide bonds. The van der Waals surface area contributed by atoms with Gasteiger partial charge in [-0.05, 0) is 47.2 Å². The molecule has 0 radical (unpaired) electrons. The Bertz CT molecular complexity index is 354. The number of anilines is 1. The van der Waals surface area contributed by atoms with Gasteiger partial charge in [-0.1, -0.05) is 24.9 Å². The summed E-state index contributed by atoms with van der Waals surface area (Å²) in [5, 5.41) is 3.55. The van der Waals surface area contributed by atoms with Crippen molar-refractivity contribution in [3.63, 3.8) is 0 Å². The third kappa shape index (κ3) is 4.38. The van der Waals surface area contributed by atoms with Gasteiger partial charge in [-0.3, -0.25) is 4.79 Å². The van der Waals surface area contributed by atoms with Crippen LogP contribution in [0.1, 0.15) is 26.2 Å². The zero-order chi connectivity index (χ0) is 11.3. The summed E-state index contributed by atoms with van der Waals surface area (Å²) in [6, 6.07) is 5.44. The lowest BCUT2D eigenvalue weighted by molar-refractivity contribution is -0.116. The maximum atomic E-state index is 11.5. The molecule has 1 N–H and O–H groups in total. The summed E-state index contributed by atoms with van der Waals surface area (Å²) in [6.07, 6.45) is 2.54. The normalized spacial score (nSPS) is 10.1. The highest BCUT2D eigenvalue weighted by Crippen LogP contribution is 2.22. The molecule has 0 aromatic heterocycles. The quantitative estimate of drug-likeness (QED) is 0.824. The number of carbonyl (C=O) groups excluding carboxylic acids is 1. The van der Waals surface area contributed by atoms with E-state index in [0.29, 0.717) is 11.4 Å². The molecule has 4 heteroatoms. The lowest BCUT2D eigenvalue weighted by Crippen LogP contribution is -2.11. The summed E-state index contributed by atoms with van der Waals surface area (Å²) in [6.45, 7) is 2.07. The SMILES string of the molecule is CCCCC(=O)Nc1ccc(Cl)cc1I. The highest BCUT2D eigenvalue weighted by Gasteiger charge is 2.04. The first-order valence-electron chi connectivity index (χ1n) is 4.88. The molecule has 1 aromatic rings. The average Bonchev–Trinajstić information content (AvgIpc) is 2.19. The predicted octanol–water partition coefficient (Wildman–Crippen LogP) is 4.07. The standard InChI is InChI=1S/C11H13ClINO/c1-2-3-4-11(15)14-10-6-5-8(12)7-9(10)13/h5-7H,2-4H2,1H3,(H,14,15). The van der Waals surface area contributed by atoms with Crippen LogP contribution >= 0.6 is 34.2 Å². The molecule has 0 saturated carbocycles. The number of halogens is 2. The Labute approximate surface area is 109 Å². The van der Waals surface area contributed by atoms with E-state index in [1.807, 2.05) is 12.1 Å². The van der Waals surface area contributed by atoms with E-state index in [1.165, 1.54) is 0 Å². The smallest absolute Gasteiger partial charge is 0.224 e. The lowest BCUT2D eigenvalue weighted by Gasteiger charge is -2.07. The van der Waals surface area contributed by atoms with Crippen LogP contribution in [0, 0.1) is 3.57 Å². The molecular formula is C11H13ClINO. The Kier molecular flexibility index (Phi) is 5.39. The Morgan fingerprint density at radius 3 is 2.87 bits per heavy atom. The molecule has 0 aliphatic heterocycles. The number of nitrogens with one attached hydrogen (secondary N) is 1. The van der Waals surface area contributed by atoms with Crippen molar-refractivity contribution in [1.29, 1.82) is 0 Å². The number of amides is 1. The van der Waals surface area contributed by atoms with Gasteiger partial charge in [0.2, 0.25) is 5.91 Å². The van der Waals surface area contributed by atoms with Gasteiger partial charge < -0.3 is 5.32 Å². The Balaban J connectivity index is 2.60. The molecule has 0 aliphatic rings. The number of benzene rings is 1. The van der Waals surface area contributed by atoms with Gasteiger partial charge in [0, 0.05) is 15.0 Å². The van der Waals surface area contributed by atoms with Crippen LogP contribution in [-0.4, -0.2) is 5.91 Å². The second kappa shape index (κ2) is 6.33. The lowest BCUT2D eigenvalue weighted by atomic mass is 10.2. The average molecular weight is 338 g/mol. The van der Waals surface area contributed by atoms with Gasteiger partial charge in [0.15, 0.2) is 0 Å². The van der Waals surface area contributed by atoms with Gasteiger partial charge in [0.25, 0.3) is 0 Å². The number of carbonyl (C=O) groups is 1. The van der Waals surface area contributed by atoms with Gasteiger partial charge in [0.05, 0.1) is 5.69 Å². The molecule has 1 rings (SSSR count). The molecule has 0 unspecified atom stereocenters. The van der Waals surface area contributed by atoms with Gasteiger partial charge in [0.1, 0.15) is 0 Å². The molecular weight excluding hydrogens is 324 g/mol. The summed E-state index contributed by atoms with van der Waals surface area (Å²) in [5.74, 6) is 0.0667. The van der Waals surface area contributed by atoms with Crippen molar-refractivity contribution in [1.82, 2.24) is 0 Å². The summed E-state index contributed by atoms with van der Waals surface area (Å²) in [7, 11) is 0. The van der Waals surface area contributed by atoms with Gasteiger partial charge in [-0.15, -0.1) is 0 Å². The van der Waals surface area contributed by atoms with E-state index in [1.54, 1.807) is 6.07 Å². The maximum absolute atomic E-state index is 11.5. The van der Waals surface area contributed by atoms with E-state index in [4.69, 9.17) is 11.6 Å². The molecule has 1 aromatic carbocycles. The van der Waals surface area contributed by atoms with E-state index >= 15 is 0 Å². The number of hydrogen-bond acceptors (Lipinski definition) is 1. The fourth-order valence-corrected chi connectivity index (χ4v) is 2.15. The van der Waals surface area contributed by atoms with Crippen LogP contribution in [0.5, 0.6) is 0 Å². The fourth-order valence-electron chi connectivity index (χ4n) is 1.14. The number of unbranched alkanes of at least 4 members (excludes halogenated alkanes) is 1. The van der Waals surface area contributed by atoms with Crippen LogP contribution in [0.4, 0.5) is 5.69 Å². The van der Waals surface area contributed by atoms with E-state index in [9.17, 15) is 4.79 Å². The van der Waals surface area contributed by atoms with Crippen molar-refractivity contribution in [2.45, 2.75) is 26.2 Å². The second-order valence-electron chi connectivity index (χ2n) is 3.28. The topological polar surface area (TPSA) is 29.1 Å². The Morgan fingerprint density at radius 1 is 1.53 bits per heavy atom. The third-order valence-corrected chi connectivity index (χ3v) is 3.09. The van der Waals surface area contributed by atoms with E-state index in [-0.39, 0.29) is 5.91 Å². The van der Waals surface area contributed by atoms with Crippen LogP contribution < -0.4 is 5.32 Å². The second-order valence-corrected chi connectivity index (χ2v) is 4.87. The first-order chi connectivity index (χ1) is 7.13. The summed E-state index contributed by atoms with van der Waals surface area (Å²) in [4.78, 5) is 11.5. The molecule has 0 heterocycles. The van der Waals surface area contributed by atoms with Crippen LogP contribution in [0.2, 0.25) is 5.02 Å². The number of hydrogen-bond donors (Lipinski definition) is 1. The van der Waals surface area contributed by atoms with Gasteiger partial charge in [-0.25, -0.2) is 0 Å². The molecule has 15 heavy (non-hydrogen) atoms. The maximum Gasteiger partial charge on any atom is 0.224 e. The number of rotatable bonds is 4. The van der Waals surface area contributed by atoms with Crippen molar-refractivity contribution < 1.29 is 4.79 Å². The minimum Gasteiger partial charge on any atom is -0.325 e. The zero-order valence-electron chi connectivity index (χ0n) is 8.52. The van der Waals surface area contributed by atoms with Gasteiger partial charge in [-0.2, -0.15) is 0 Å². The molecule has 0 bridgehead atoms. The minimum atomic E-state index is 0.0667. The molecule has 82 valence electrons. The molecule has 0 spiro atoms. The monoisotopic (exact) mass is 337 g/mol. The summed E-state index contributed by atoms with van der Waals surface area (Å²) >= 11 is 7.98. The first-order valence-corrected chi connectivity index (χ1v) is 6.34. The minimum absolute atomic E-state index is 0.0667. The molecule has 0 atom stereocenters. The van der Waals surface area contributed by atoms with Crippen LogP contribution in [0.25, 0.3) is 0 Å².